The molecule has 0 aliphatic heterocycles. The first kappa shape index (κ1) is 13.7. The Kier molecular flexibility index (Phi) is 3.67. The molecule has 3 heteroatoms. The minimum absolute atomic E-state index is 0.546. The molecule has 0 saturated heterocycles. The molecule has 0 amide bonds. The number of hydrogen-bond donors (Lipinski definition) is 1. The predicted octanol–water partition coefficient (Wildman–Crippen LogP) is 4.22. The van der Waals surface area contributed by atoms with Crippen molar-refractivity contribution in [2.75, 3.05) is 6.61 Å². The minimum Gasteiger partial charge on any atom is -0.494 e. The zero-order valence-corrected chi connectivity index (χ0v) is 12.2. The molecule has 1 aromatic heterocycles. The molecular formula is C18H18O3. The molecule has 3 aromatic rings. The molecule has 2 aromatic carbocycles. The largest absolute Gasteiger partial charge is 0.494 e. The molecule has 1 N–H and O–H groups in total. The minimum atomic E-state index is -0.793. The summed E-state index contributed by atoms with van der Waals surface area (Å²) in [4.78, 5) is 0. The third-order valence-electron chi connectivity index (χ3n) is 3.45. The second-order valence-corrected chi connectivity index (χ2v) is 5.10. The molecule has 0 saturated carbocycles. The van der Waals surface area contributed by atoms with Crippen molar-refractivity contribution in [1.82, 2.24) is 0 Å². The highest BCUT2D eigenvalue weighted by Gasteiger charge is 2.16. The SMILES string of the molecule is CCOc1cccc(C(O)c2cc3cc(C)ccc3o2)c1. The maximum Gasteiger partial charge on any atom is 0.138 e. The van der Waals surface area contributed by atoms with Crippen molar-refractivity contribution >= 4 is 11.0 Å². The summed E-state index contributed by atoms with van der Waals surface area (Å²) in [5, 5.41) is 11.5. The number of ether oxygens (including phenoxy) is 1. The van der Waals surface area contributed by atoms with Gasteiger partial charge in [0, 0.05) is 5.39 Å². The zero-order chi connectivity index (χ0) is 14.8. The lowest BCUT2D eigenvalue weighted by molar-refractivity contribution is 0.191. The standard InChI is InChI=1S/C18H18O3/c1-3-20-15-6-4-5-13(10-15)18(19)17-11-14-9-12(2)7-8-16(14)21-17/h4-11,18-19H,3H2,1-2H3. The van der Waals surface area contributed by atoms with Crippen LogP contribution in [0.15, 0.2) is 52.9 Å². The van der Waals surface area contributed by atoms with E-state index in [4.69, 9.17) is 9.15 Å². The van der Waals surface area contributed by atoms with Crippen molar-refractivity contribution < 1.29 is 14.3 Å². The highest BCUT2D eigenvalue weighted by molar-refractivity contribution is 5.78. The van der Waals surface area contributed by atoms with Gasteiger partial charge in [-0.2, -0.15) is 0 Å². The number of rotatable bonds is 4. The second-order valence-electron chi connectivity index (χ2n) is 5.10. The number of hydrogen-bond acceptors (Lipinski definition) is 3. The first-order valence-electron chi connectivity index (χ1n) is 7.08. The molecule has 0 spiro atoms. The molecule has 0 fully saturated rings. The van der Waals surface area contributed by atoms with E-state index in [0.29, 0.717) is 12.4 Å². The van der Waals surface area contributed by atoms with Gasteiger partial charge >= 0.3 is 0 Å². The van der Waals surface area contributed by atoms with Gasteiger partial charge in [-0.1, -0.05) is 23.8 Å². The molecule has 0 aliphatic rings. The van der Waals surface area contributed by atoms with Crippen LogP contribution in [0.25, 0.3) is 11.0 Å². The molecule has 1 unspecified atom stereocenters. The number of aliphatic hydroxyl groups excluding tert-OH is 1. The van der Waals surface area contributed by atoms with Gasteiger partial charge in [0.15, 0.2) is 0 Å². The van der Waals surface area contributed by atoms with Gasteiger partial charge in [-0.15, -0.1) is 0 Å². The van der Waals surface area contributed by atoms with Crippen LogP contribution in [-0.4, -0.2) is 11.7 Å². The number of fused-ring (bicyclic) bond motifs is 1. The maximum absolute atomic E-state index is 10.5. The lowest BCUT2D eigenvalue weighted by atomic mass is 10.1. The van der Waals surface area contributed by atoms with Crippen LogP contribution in [0.4, 0.5) is 0 Å². The van der Waals surface area contributed by atoms with Crippen molar-refractivity contribution in [2.45, 2.75) is 20.0 Å². The summed E-state index contributed by atoms with van der Waals surface area (Å²) >= 11 is 0. The van der Waals surface area contributed by atoms with Crippen LogP contribution in [0, 0.1) is 6.92 Å². The van der Waals surface area contributed by atoms with Gasteiger partial charge in [-0.05, 0) is 49.7 Å². The zero-order valence-electron chi connectivity index (χ0n) is 12.2. The van der Waals surface area contributed by atoms with Crippen LogP contribution in [0.2, 0.25) is 0 Å². The Bertz CT molecular complexity index is 758. The van der Waals surface area contributed by atoms with Crippen LogP contribution < -0.4 is 4.74 Å². The first-order chi connectivity index (χ1) is 10.2. The molecule has 0 bridgehead atoms. The molecule has 3 rings (SSSR count). The maximum atomic E-state index is 10.5. The Morgan fingerprint density at radius 3 is 2.81 bits per heavy atom. The Morgan fingerprint density at radius 1 is 1.14 bits per heavy atom. The topological polar surface area (TPSA) is 42.6 Å². The van der Waals surface area contributed by atoms with Crippen LogP contribution in [0.5, 0.6) is 5.75 Å². The van der Waals surface area contributed by atoms with Gasteiger partial charge < -0.3 is 14.3 Å². The second kappa shape index (κ2) is 5.62. The lowest BCUT2D eigenvalue weighted by Crippen LogP contribution is -1.99. The average Bonchev–Trinajstić information content (AvgIpc) is 2.90. The van der Waals surface area contributed by atoms with Crippen LogP contribution in [-0.2, 0) is 0 Å². The Hall–Kier alpha value is -2.26. The van der Waals surface area contributed by atoms with Gasteiger partial charge in [0.25, 0.3) is 0 Å². The van der Waals surface area contributed by atoms with Crippen molar-refractivity contribution in [2.24, 2.45) is 0 Å². The molecule has 108 valence electrons. The van der Waals surface area contributed by atoms with E-state index in [1.165, 1.54) is 5.56 Å². The van der Waals surface area contributed by atoms with Gasteiger partial charge in [0.1, 0.15) is 23.2 Å². The van der Waals surface area contributed by atoms with E-state index < -0.39 is 6.10 Å². The molecule has 3 nitrogen and oxygen atoms in total. The van der Waals surface area contributed by atoms with Crippen molar-refractivity contribution in [3.8, 4) is 5.75 Å². The monoisotopic (exact) mass is 282 g/mol. The summed E-state index contributed by atoms with van der Waals surface area (Å²) in [7, 11) is 0. The van der Waals surface area contributed by atoms with Crippen LogP contribution >= 0.6 is 0 Å². The fourth-order valence-electron chi connectivity index (χ4n) is 2.42. The first-order valence-corrected chi connectivity index (χ1v) is 7.08. The Labute approximate surface area is 123 Å². The van der Waals surface area contributed by atoms with E-state index in [-0.39, 0.29) is 0 Å². The highest BCUT2D eigenvalue weighted by Crippen LogP contribution is 2.30. The fraction of sp³-hybridized carbons (Fsp3) is 0.222. The predicted molar refractivity (Wildman–Crippen MR) is 82.6 cm³/mol. The summed E-state index contributed by atoms with van der Waals surface area (Å²) in [6.45, 7) is 4.57. The van der Waals surface area contributed by atoms with E-state index >= 15 is 0 Å². The quantitative estimate of drug-likeness (QED) is 0.779. The van der Waals surface area contributed by atoms with E-state index in [1.54, 1.807) is 0 Å². The summed E-state index contributed by atoms with van der Waals surface area (Å²) in [6.07, 6.45) is -0.793. The van der Waals surface area contributed by atoms with Crippen molar-refractivity contribution in [3.63, 3.8) is 0 Å². The highest BCUT2D eigenvalue weighted by atomic mass is 16.5. The molecule has 21 heavy (non-hydrogen) atoms. The number of aryl methyl sites for hydroxylation is 1. The normalized spacial score (nSPS) is 12.5. The third-order valence-corrected chi connectivity index (χ3v) is 3.45. The van der Waals surface area contributed by atoms with Crippen molar-refractivity contribution in [1.29, 1.82) is 0 Å². The van der Waals surface area contributed by atoms with Gasteiger partial charge in [0.05, 0.1) is 6.61 Å². The van der Waals surface area contributed by atoms with Gasteiger partial charge in [0.2, 0.25) is 0 Å². The van der Waals surface area contributed by atoms with E-state index in [2.05, 4.69) is 0 Å². The Morgan fingerprint density at radius 2 is 2.00 bits per heavy atom. The fourth-order valence-corrected chi connectivity index (χ4v) is 2.42. The van der Waals surface area contributed by atoms with E-state index in [9.17, 15) is 5.11 Å². The summed E-state index contributed by atoms with van der Waals surface area (Å²) < 4.78 is 11.2. The molecular weight excluding hydrogens is 264 g/mol. The molecule has 1 atom stereocenters. The van der Waals surface area contributed by atoms with E-state index in [1.807, 2.05) is 62.4 Å². The number of furan rings is 1. The van der Waals surface area contributed by atoms with Crippen LogP contribution in [0.3, 0.4) is 0 Å². The third kappa shape index (κ3) is 2.78. The average molecular weight is 282 g/mol. The Balaban J connectivity index is 1.95. The summed E-state index contributed by atoms with van der Waals surface area (Å²) in [5.74, 6) is 1.30. The lowest BCUT2D eigenvalue weighted by Gasteiger charge is -2.10. The number of benzene rings is 2. The number of aliphatic hydroxyl groups is 1. The van der Waals surface area contributed by atoms with E-state index in [0.717, 1.165) is 22.3 Å². The van der Waals surface area contributed by atoms with Crippen LogP contribution in [0.1, 0.15) is 29.9 Å². The molecule has 0 aliphatic carbocycles. The van der Waals surface area contributed by atoms with Gasteiger partial charge in [-0.25, -0.2) is 0 Å². The summed E-state index contributed by atoms with van der Waals surface area (Å²) in [5.41, 5.74) is 2.72. The van der Waals surface area contributed by atoms with Gasteiger partial charge in [-0.3, -0.25) is 0 Å². The summed E-state index contributed by atoms with van der Waals surface area (Å²) in [6, 6.07) is 15.3. The smallest absolute Gasteiger partial charge is 0.138 e. The molecule has 1 heterocycles. The van der Waals surface area contributed by atoms with Crippen molar-refractivity contribution in [3.05, 3.63) is 65.4 Å². The molecule has 0 radical (unpaired) electrons.